The van der Waals surface area contributed by atoms with Gasteiger partial charge in [-0.1, -0.05) is 103 Å². The van der Waals surface area contributed by atoms with Crippen LogP contribution in [0.2, 0.25) is 0 Å². The van der Waals surface area contributed by atoms with E-state index >= 15 is 0 Å². The molecule has 0 bridgehead atoms. The number of hydrogen-bond acceptors (Lipinski definition) is 3. The molecule has 1 aromatic rings. The van der Waals surface area contributed by atoms with Gasteiger partial charge >= 0.3 is 0 Å². The van der Waals surface area contributed by atoms with E-state index in [4.69, 9.17) is 4.74 Å². The number of nitrogens with zero attached hydrogens (tertiary/aromatic N) is 1. The largest absolute Gasteiger partial charge is 0.504 e. The molecule has 0 radical (unpaired) electrons. The highest BCUT2D eigenvalue weighted by Crippen LogP contribution is 2.25. The fraction of sp³-hybridized carbons (Fsp3) is 0.731. The summed E-state index contributed by atoms with van der Waals surface area (Å²) >= 11 is 0. The molecule has 1 rings (SSSR count). The zero-order valence-electron chi connectivity index (χ0n) is 19.1. The molecule has 0 saturated heterocycles. The molecule has 0 aliphatic carbocycles. The number of phenols is 1. The summed E-state index contributed by atoms with van der Waals surface area (Å²) in [5, 5.41) is 9.59. The lowest BCUT2D eigenvalue weighted by molar-refractivity contribution is 0.373. The average molecular weight is 404 g/mol. The van der Waals surface area contributed by atoms with Gasteiger partial charge in [0.1, 0.15) is 0 Å². The summed E-state index contributed by atoms with van der Waals surface area (Å²) in [5.74, 6) is 0.666. The minimum absolute atomic E-state index is 0.169. The molecule has 0 aromatic heterocycles. The van der Waals surface area contributed by atoms with E-state index in [0.717, 1.165) is 18.5 Å². The third-order valence-corrected chi connectivity index (χ3v) is 5.58. The number of hydrogen-bond donors (Lipinski definition) is 1. The number of ether oxygens (including phenoxy) is 1. The summed E-state index contributed by atoms with van der Waals surface area (Å²) in [5.41, 5.74) is 0.969. The van der Waals surface area contributed by atoms with Gasteiger partial charge in [-0.3, -0.25) is 4.99 Å². The molecule has 0 saturated carbocycles. The van der Waals surface area contributed by atoms with Gasteiger partial charge in [0, 0.05) is 12.8 Å². The van der Waals surface area contributed by atoms with Gasteiger partial charge in [0.25, 0.3) is 0 Å². The van der Waals surface area contributed by atoms with Crippen molar-refractivity contribution in [3.63, 3.8) is 0 Å². The van der Waals surface area contributed by atoms with E-state index in [9.17, 15) is 5.11 Å². The molecule has 3 nitrogen and oxygen atoms in total. The molecule has 0 aliphatic rings. The van der Waals surface area contributed by atoms with E-state index in [0.29, 0.717) is 5.75 Å². The van der Waals surface area contributed by atoms with E-state index in [1.54, 1.807) is 13.2 Å². The van der Waals surface area contributed by atoms with Gasteiger partial charge in [0.05, 0.1) is 7.11 Å². The first-order chi connectivity index (χ1) is 14.3. The monoisotopic (exact) mass is 403 g/mol. The molecule has 0 aliphatic heterocycles. The van der Waals surface area contributed by atoms with Crippen LogP contribution in [0.25, 0.3) is 0 Å². The Morgan fingerprint density at radius 3 is 1.72 bits per heavy atom. The number of aromatic hydroxyl groups is 1. The second-order valence-corrected chi connectivity index (χ2v) is 8.27. The van der Waals surface area contributed by atoms with Gasteiger partial charge in [-0.25, -0.2) is 0 Å². The van der Waals surface area contributed by atoms with E-state index in [2.05, 4.69) is 11.9 Å². The topological polar surface area (TPSA) is 41.8 Å². The summed E-state index contributed by atoms with van der Waals surface area (Å²) in [6, 6.07) is 5.32. The van der Waals surface area contributed by atoms with Crippen molar-refractivity contribution in [2.45, 2.75) is 110 Å². The number of aliphatic imine (C=N–C) groups is 1. The highest BCUT2D eigenvalue weighted by molar-refractivity contribution is 5.80. The quantitative estimate of drug-likeness (QED) is 0.187. The standard InChI is InChI=1S/C26H45NO2/c1-3-4-5-6-7-8-9-10-11-12-13-14-15-16-17-18-21-27-23-24-19-20-25(28)26(22-24)29-2/h19-20,22-23,28H,3-18,21H2,1-2H3. The van der Waals surface area contributed by atoms with Crippen molar-refractivity contribution in [2.75, 3.05) is 13.7 Å². The van der Waals surface area contributed by atoms with Crippen LogP contribution >= 0.6 is 0 Å². The Morgan fingerprint density at radius 1 is 0.759 bits per heavy atom. The van der Waals surface area contributed by atoms with Crippen LogP contribution in [-0.2, 0) is 0 Å². The first-order valence-electron chi connectivity index (χ1n) is 12.1. The number of phenolic OH excluding ortho intramolecular Hbond substituents is 1. The van der Waals surface area contributed by atoms with Crippen molar-refractivity contribution in [3.05, 3.63) is 23.8 Å². The minimum Gasteiger partial charge on any atom is -0.504 e. The van der Waals surface area contributed by atoms with Crippen LogP contribution in [0.4, 0.5) is 0 Å². The Morgan fingerprint density at radius 2 is 1.24 bits per heavy atom. The van der Waals surface area contributed by atoms with Crippen LogP contribution in [0, 0.1) is 0 Å². The zero-order chi connectivity index (χ0) is 21.0. The Hall–Kier alpha value is -1.51. The molecule has 0 spiro atoms. The maximum absolute atomic E-state index is 9.59. The van der Waals surface area contributed by atoms with Crippen molar-refractivity contribution in [1.29, 1.82) is 0 Å². The fourth-order valence-corrected chi connectivity index (χ4v) is 3.70. The molecule has 3 heteroatoms. The van der Waals surface area contributed by atoms with Crippen LogP contribution in [0.1, 0.15) is 115 Å². The third-order valence-electron chi connectivity index (χ3n) is 5.58. The van der Waals surface area contributed by atoms with E-state index in [1.807, 2.05) is 18.3 Å². The van der Waals surface area contributed by atoms with Crippen molar-refractivity contribution in [3.8, 4) is 11.5 Å². The summed E-state index contributed by atoms with van der Waals surface area (Å²) in [7, 11) is 1.56. The Labute approximate surface area is 180 Å². The van der Waals surface area contributed by atoms with Crippen LogP contribution in [0.5, 0.6) is 11.5 Å². The van der Waals surface area contributed by atoms with E-state index in [-0.39, 0.29) is 5.75 Å². The molecule has 0 heterocycles. The van der Waals surface area contributed by atoms with Gasteiger partial charge in [0.2, 0.25) is 0 Å². The van der Waals surface area contributed by atoms with Gasteiger partial charge in [-0.15, -0.1) is 0 Å². The van der Waals surface area contributed by atoms with Crippen LogP contribution < -0.4 is 4.74 Å². The van der Waals surface area contributed by atoms with Crippen molar-refractivity contribution in [1.82, 2.24) is 0 Å². The molecule has 0 fully saturated rings. The second-order valence-electron chi connectivity index (χ2n) is 8.27. The molecular weight excluding hydrogens is 358 g/mol. The molecule has 0 atom stereocenters. The molecule has 0 unspecified atom stereocenters. The first-order valence-corrected chi connectivity index (χ1v) is 12.1. The number of rotatable bonds is 19. The summed E-state index contributed by atoms with van der Waals surface area (Å²) in [6.07, 6.45) is 24.1. The lowest BCUT2D eigenvalue weighted by Crippen LogP contribution is -1.89. The molecular formula is C26H45NO2. The number of methoxy groups -OCH3 is 1. The Bertz CT molecular complexity index is 527. The van der Waals surface area contributed by atoms with Crippen molar-refractivity contribution < 1.29 is 9.84 Å². The molecule has 0 amide bonds. The van der Waals surface area contributed by atoms with Gasteiger partial charge in [0.15, 0.2) is 11.5 Å². The molecule has 1 aromatic carbocycles. The summed E-state index contributed by atoms with van der Waals surface area (Å²) in [6.45, 7) is 3.16. The van der Waals surface area contributed by atoms with Crippen molar-refractivity contribution in [2.24, 2.45) is 4.99 Å². The number of benzene rings is 1. The molecule has 166 valence electrons. The maximum Gasteiger partial charge on any atom is 0.161 e. The van der Waals surface area contributed by atoms with Gasteiger partial charge in [-0.2, -0.15) is 0 Å². The first kappa shape index (κ1) is 25.5. The van der Waals surface area contributed by atoms with Gasteiger partial charge in [-0.05, 0) is 30.2 Å². The van der Waals surface area contributed by atoms with E-state index in [1.165, 1.54) is 96.3 Å². The lowest BCUT2D eigenvalue weighted by atomic mass is 10.0. The van der Waals surface area contributed by atoms with Gasteiger partial charge < -0.3 is 9.84 Å². The lowest BCUT2D eigenvalue weighted by Gasteiger charge is -2.04. The Kier molecular flexibility index (Phi) is 16.3. The average Bonchev–Trinajstić information content (AvgIpc) is 2.74. The minimum atomic E-state index is 0.169. The third kappa shape index (κ3) is 14.2. The van der Waals surface area contributed by atoms with Crippen LogP contribution in [-0.4, -0.2) is 25.0 Å². The predicted octanol–water partition coefficient (Wildman–Crippen LogP) is 8.08. The Balaban J connectivity index is 1.84. The van der Waals surface area contributed by atoms with E-state index < -0.39 is 0 Å². The highest BCUT2D eigenvalue weighted by atomic mass is 16.5. The molecule has 29 heavy (non-hydrogen) atoms. The second kappa shape index (κ2) is 18.5. The van der Waals surface area contributed by atoms with Crippen molar-refractivity contribution >= 4 is 6.21 Å². The summed E-state index contributed by atoms with van der Waals surface area (Å²) < 4.78 is 5.11. The van der Waals surface area contributed by atoms with Crippen LogP contribution in [0.15, 0.2) is 23.2 Å². The highest BCUT2D eigenvalue weighted by Gasteiger charge is 2.00. The predicted molar refractivity (Wildman–Crippen MR) is 127 cm³/mol. The maximum atomic E-state index is 9.59. The smallest absolute Gasteiger partial charge is 0.161 e. The summed E-state index contributed by atoms with van der Waals surface area (Å²) in [4.78, 5) is 4.49. The van der Waals surface area contributed by atoms with Crippen LogP contribution in [0.3, 0.4) is 0 Å². The fourth-order valence-electron chi connectivity index (χ4n) is 3.70. The number of unbranched alkanes of at least 4 members (excludes halogenated alkanes) is 15. The SMILES string of the molecule is CCCCCCCCCCCCCCCCCCN=Cc1ccc(O)c(OC)c1. The zero-order valence-corrected chi connectivity index (χ0v) is 19.1. The normalized spacial score (nSPS) is 11.4. The molecule has 1 N–H and O–H groups in total.